The van der Waals surface area contributed by atoms with Crippen LogP contribution in [0.2, 0.25) is 5.02 Å². The van der Waals surface area contributed by atoms with Crippen molar-refractivity contribution in [3.05, 3.63) is 57.4 Å². The molecule has 0 saturated carbocycles. The maximum absolute atomic E-state index is 13.1. The Morgan fingerprint density at radius 2 is 1.92 bits per heavy atom. The summed E-state index contributed by atoms with van der Waals surface area (Å²) in [5.74, 6) is -0.400. The molecular weight excluding hydrogens is 546 g/mol. The monoisotopic (exact) mass is 577 g/mol. The normalized spacial score (nSPS) is 23.4. The lowest BCUT2D eigenvalue weighted by Crippen LogP contribution is -2.53. The zero-order chi connectivity index (χ0) is 28.0. The molecule has 2 atom stereocenters. The van der Waals surface area contributed by atoms with E-state index in [2.05, 4.69) is 17.2 Å². The fourth-order valence-corrected chi connectivity index (χ4v) is 7.45. The Hall–Kier alpha value is -2.89. The van der Waals surface area contributed by atoms with Crippen molar-refractivity contribution >= 4 is 62.0 Å². The minimum Gasteiger partial charge on any atom is -0.444 e. The Morgan fingerprint density at radius 1 is 1.26 bits per heavy atom. The lowest BCUT2D eigenvalue weighted by molar-refractivity contribution is 0.0559. The van der Waals surface area contributed by atoms with Gasteiger partial charge in [-0.3, -0.25) is 5.32 Å². The molecule has 12 heteroatoms. The van der Waals surface area contributed by atoms with E-state index in [1.165, 1.54) is 18.4 Å². The Morgan fingerprint density at radius 3 is 2.55 bits per heavy atom. The molecule has 3 heterocycles. The number of hydrogen-bond donors (Lipinski definition) is 1. The summed E-state index contributed by atoms with van der Waals surface area (Å²) < 4.78 is 32.6. The van der Waals surface area contributed by atoms with Gasteiger partial charge in [0, 0.05) is 29.8 Å². The van der Waals surface area contributed by atoms with Crippen molar-refractivity contribution in [2.45, 2.75) is 52.7 Å². The van der Waals surface area contributed by atoms with Crippen LogP contribution < -0.4 is 10.3 Å². The van der Waals surface area contributed by atoms with Crippen molar-refractivity contribution in [3.63, 3.8) is 0 Å². The number of rotatable bonds is 3. The van der Waals surface area contributed by atoms with Crippen molar-refractivity contribution < 1.29 is 17.9 Å². The van der Waals surface area contributed by atoms with Crippen LogP contribution in [0.3, 0.4) is 0 Å². The molecule has 0 spiro atoms. The first-order chi connectivity index (χ1) is 17.6. The van der Waals surface area contributed by atoms with Crippen molar-refractivity contribution in [2.24, 2.45) is 16.0 Å². The zero-order valence-corrected chi connectivity index (χ0v) is 24.8. The van der Waals surface area contributed by atoms with Crippen LogP contribution in [0.1, 0.15) is 51.3 Å². The molecule has 2 aromatic rings. The summed E-state index contributed by atoms with van der Waals surface area (Å²) in [6.45, 7) is 10.9. The summed E-state index contributed by atoms with van der Waals surface area (Å²) in [6, 6.07) is 11.7. The second-order valence-corrected chi connectivity index (χ2v) is 14.0. The second kappa shape index (κ2) is 10.0. The summed E-state index contributed by atoms with van der Waals surface area (Å²) >= 11 is 8.14. The molecule has 0 bridgehead atoms. The third kappa shape index (κ3) is 5.74. The number of thiophene rings is 1. The van der Waals surface area contributed by atoms with Gasteiger partial charge in [-0.25, -0.2) is 27.5 Å². The molecular formula is C26H32ClN5O4S2. The van der Waals surface area contributed by atoms with E-state index in [1.54, 1.807) is 27.7 Å². The van der Waals surface area contributed by atoms with Crippen LogP contribution in [0.15, 0.2) is 52.7 Å². The molecule has 9 nitrogen and oxygen atoms in total. The molecule has 204 valence electrons. The first-order valence-electron chi connectivity index (χ1n) is 12.1. The largest absolute Gasteiger partial charge is 0.444 e. The summed E-state index contributed by atoms with van der Waals surface area (Å²) in [5, 5.41) is 9.46. The van der Waals surface area contributed by atoms with Crippen LogP contribution in [0.25, 0.3) is 5.57 Å². The molecule has 1 amide bonds. The lowest BCUT2D eigenvalue weighted by atomic mass is 9.95. The molecule has 0 saturated heterocycles. The summed E-state index contributed by atoms with van der Waals surface area (Å²) in [4.78, 5) is 18.6. The van der Waals surface area contributed by atoms with Crippen molar-refractivity contribution in [3.8, 4) is 0 Å². The van der Waals surface area contributed by atoms with Crippen molar-refractivity contribution in [2.75, 3.05) is 17.8 Å². The number of allylic oxidation sites excluding steroid dienone is 1. The molecule has 2 aliphatic rings. The van der Waals surface area contributed by atoms with E-state index in [4.69, 9.17) is 21.4 Å². The van der Waals surface area contributed by atoms with Crippen LogP contribution in [-0.4, -0.2) is 48.9 Å². The SMILES string of the molecule is CC1=NN(c2ccccc2)C=C(c2cc(Cl)c(C3(C)CS(=O)(=O)N(C)C(NC(=O)OC(C)(C)C)=N3)s2)C1C. The van der Waals surface area contributed by atoms with E-state index in [9.17, 15) is 13.2 Å². The molecule has 1 N–H and O–H groups in total. The van der Waals surface area contributed by atoms with E-state index < -0.39 is 27.3 Å². The number of nitrogens with one attached hydrogen (secondary N) is 1. The molecule has 38 heavy (non-hydrogen) atoms. The van der Waals surface area contributed by atoms with Crippen LogP contribution in [-0.2, 0) is 20.3 Å². The van der Waals surface area contributed by atoms with Crippen LogP contribution >= 0.6 is 22.9 Å². The van der Waals surface area contributed by atoms with E-state index in [0.29, 0.717) is 9.90 Å². The smallest absolute Gasteiger partial charge is 0.414 e. The third-order valence-corrected chi connectivity index (χ3v) is 10.0. The van der Waals surface area contributed by atoms with Crippen LogP contribution in [0, 0.1) is 5.92 Å². The summed E-state index contributed by atoms with van der Waals surface area (Å²) in [5.41, 5.74) is 0.888. The average molecular weight is 578 g/mol. The van der Waals surface area contributed by atoms with Crippen molar-refractivity contribution in [1.29, 1.82) is 0 Å². The van der Waals surface area contributed by atoms with E-state index in [1.807, 2.05) is 54.5 Å². The van der Waals surface area contributed by atoms with E-state index in [-0.39, 0.29) is 17.6 Å². The highest BCUT2D eigenvalue weighted by molar-refractivity contribution is 7.89. The fourth-order valence-electron chi connectivity index (χ4n) is 4.16. The molecule has 0 aliphatic carbocycles. The van der Waals surface area contributed by atoms with Gasteiger partial charge in [-0.15, -0.1) is 11.3 Å². The molecule has 1 aromatic heterocycles. The van der Waals surface area contributed by atoms with Gasteiger partial charge in [-0.05, 0) is 58.4 Å². The first kappa shape index (κ1) is 28.1. The van der Waals surface area contributed by atoms with Gasteiger partial charge < -0.3 is 4.74 Å². The molecule has 0 fully saturated rings. The number of aliphatic imine (C=N–C) groups is 1. The molecule has 2 unspecified atom stereocenters. The maximum Gasteiger partial charge on any atom is 0.414 e. The minimum absolute atomic E-state index is 0.0273. The van der Waals surface area contributed by atoms with Gasteiger partial charge in [0.2, 0.25) is 16.0 Å². The average Bonchev–Trinajstić information content (AvgIpc) is 3.20. The van der Waals surface area contributed by atoms with Crippen molar-refractivity contribution in [1.82, 2.24) is 9.62 Å². The Kier molecular flexibility index (Phi) is 7.41. The number of amides is 1. The van der Waals surface area contributed by atoms with E-state index in [0.717, 1.165) is 26.2 Å². The number of guanidine groups is 1. The predicted molar refractivity (Wildman–Crippen MR) is 154 cm³/mol. The number of benzene rings is 1. The highest BCUT2D eigenvalue weighted by atomic mass is 35.5. The first-order valence-corrected chi connectivity index (χ1v) is 14.9. The quantitative estimate of drug-likeness (QED) is 0.508. The lowest BCUT2D eigenvalue weighted by Gasteiger charge is -2.35. The number of hydrazone groups is 1. The Bertz CT molecular complexity index is 1440. The number of carbonyl (C=O) groups excluding carboxylic acids is 1. The van der Waals surface area contributed by atoms with Gasteiger partial charge in [0.05, 0.1) is 21.3 Å². The number of anilines is 1. The number of hydrogen-bond acceptors (Lipinski definition) is 8. The maximum atomic E-state index is 13.1. The van der Waals surface area contributed by atoms with Gasteiger partial charge in [-0.1, -0.05) is 36.7 Å². The molecule has 2 aliphatic heterocycles. The number of para-hydroxylation sites is 1. The Labute approximate surface area is 232 Å². The number of carbonyl (C=O) groups is 1. The third-order valence-electron chi connectivity index (χ3n) is 6.25. The highest BCUT2D eigenvalue weighted by Gasteiger charge is 2.44. The van der Waals surface area contributed by atoms with Gasteiger partial charge in [0.1, 0.15) is 11.1 Å². The molecule has 0 radical (unpaired) electrons. The minimum atomic E-state index is -3.81. The summed E-state index contributed by atoms with van der Waals surface area (Å²) in [6.07, 6.45) is 1.18. The van der Waals surface area contributed by atoms with Gasteiger partial charge in [0.15, 0.2) is 0 Å². The molecule has 4 rings (SSSR count). The van der Waals surface area contributed by atoms with Crippen LogP contribution in [0.4, 0.5) is 10.5 Å². The predicted octanol–water partition coefficient (Wildman–Crippen LogP) is 5.65. The standard InChI is InChI=1S/C26H32ClN5O4S2/c1-16-17(2)30-32(18-11-9-8-10-12-18)14-19(16)21-13-20(27)22(37-21)26(6)15-38(34,35)31(7)23(29-26)28-24(33)36-25(3,4)5/h8-14,16H,15H2,1-7H3,(H,28,29,33). The van der Waals surface area contributed by atoms with Gasteiger partial charge in [-0.2, -0.15) is 5.10 Å². The van der Waals surface area contributed by atoms with Gasteiger partial charge >= 0.3 is 6.09 Å². The van der Waals surface area contributed by atoms with E-state index >= 15 is 0 Å². The van der Waals surface area contributed by atoms with Gasteiger partial charge in [0.25, 0.3) is 0 Å². The van der Waals surface area contributed by atoms with Crippen LogP contribution in [0.5, 0.6) is 0 Å². The molecule has 1 aromatic carbocycles. The summed E-state index contributed by atoms with van der Waals surface area (Å²) in [7, 11) is -2.47. The highest BCUT2D eigenvalue weighted by Crippen LogP contribution is 2.45. The number of alkyl carbamates (subject to hydrolysis) is 1. The Balaban J connectivity index is 1.73. The topological polar surface area (TPSA) is 104 Å². The fraction of sp³-hybridized carbons (Fsp3) is 0.423. The number of halogens is 1. The number of nitrogens with zero attached hydrogens (tertiary/aromatic N) is 4. The number of sulfonamides is 1. The zero-order valence-electron chi connectivity index (χ0n) is 22.4. The number of ether oxygens (including phenoxy) is 1. The second-order valence-electron chi connectivity index (χ2n) is 10.6.